The van der Waals surface area contributed by atoms with E-state index in [0.29, 0.717) is 24.1 Å². The number of carboxylic acid groups (broad SMARTS) is 1. The summed E-state index contributed by atoms with van der Waals surface area (Å²) in [7, 11) is 0. The van der Waals surface area contributed by atoms with Crippen LogP contribution >= 0.6 is 11.8 Å². The first kappa shape index (κ1) is 14.5. The lowest BCUT2D eigenvalue weighted by molar-refractivity contribution is -0.133. The number of para-hydroxylation sites is 1. The van der Waals surface area contributed by atoms with Crippen LogP contribution in [0.1, 0.15) is 6.92 Å². The molecule has 1 heterocycles. The highest BCUT2D eigenvalue weighted by Crippen LogP contribution is 2.30. The Hall–Kier alpha value is -1.95. The molecule has 1 N–H and O–H groups in total. The van der Waals surface area contributed by atoms with E-state index in [1.165, 1.54) is 11.8 Å². The van der Waals surface area contributed by atoms with Gasteiger partial charge in [-0.15, -0.1) is 6.58 Å². The van der Waals surface area contributed by atoms with Gasteiger partial charge in [-0.3, -0.25) is 4.79 Å². The van der Waals surface area contributed by atoms with Crippen molar-refractivity contribution < 1.29 is 14.6 Å². The Bertz CT molecular complexity index is 637. The largest absolute Gasteiger partial charge is 0.492 e. The highest BCUT2D eigenvalue weighted by atomic mass is 32.2. The number of allylic oxidation sites excluding steroid dienone is 1. The zero-order valence-corrected chi connectivity index (χ0v) is 12.0. The molecule has 0 spiro atoms. The van der Waals surface area contributed by atoms with Crippen LogP contribution < -0.4 is 4.74 Å². The molecule has 0 aliphatic rings. The lowest BCUT2D eigenvalue weighted by Crippen LogP contribution is -2.02. The van der Waals surface area contributed by atoms with E-state index in [-0.39, 0.29) is 5.75 Å². The van der Waals surface area contributed by atoms with Gasteiger partial charge in [0.05, 0.1) is 17.9 Å². The Morgan fingerprint density at radius 3 is 3.05 bits per heavy atom. The molecule has 1 aromatic heterocycles. The van der Waals surface area contributed by atoms with Gasteiger partial charge in [0.25, 0.3) is 0 Å². The van der Waals surface area contributed by atoms with Crippen LogP contribution in [0, 0.1) is 0 Å². The fourth-order valence-corrected chi connectivity index (χ4v) is 2.65. The summed E-state index contributed by atoms with van der Waals surface area (Å²) in [6.07, 6.45) is 1.76. The van der Waals surface area contributed by atoms with Gasteiger partial charge in [0.2, 0.25) is 0 Å². The van der Waals surface area contributed by atoms with Gasteiger partial charge in [-0.05, 0) is 19.1 Å². The van der Waals surface area contributed by atoms with Crippen molar-refractivity contribution in [3.05, 3.63) is 30.9 Å². The molecule has 0 unspecified atom stereocenters. The fraction of sp³-hybridized carbons (Fsp3) is 0.286. The third-order valence-corrected chi connectivity index (χ3v) is 3.60. The fourth-order valence-electron chi connectivity index (χ4n) is 1.91. The summed E-state index contributed by atoms with van der Waals surface area (Å²) >= 11 is 1.20. The number of fused-ring (bicyclic) bond motifs is 1. The number of hydrogen-bond donors (Lipinski definition) is 1. The standard InChI is InChI=1S/C14H16N2O3S/c1-3-8-16-10-6-5-7-11(19-4-2)13(10)15-14(16)20-9-12(17)18/h3,5-7H,1,4,8-9H2,2H3,(H,17,18). The van der Waals surface area contributed by atoms with Crippen molar-refractivity contribution in [3.8, 4) is 5.75 Å². The number of rotatable bonds is 7. The average molecular weight is 292 g/mol. The monoisotopic (exact) mass is 292 g/mol. The van der Waals surface area contributed by atoms with E-state index in [9.17, 15) is 4.79 Å². The Labute approximate surface area is 121 Å². The molecule has 0 atom stereocenters. The molecule has 2 rings (SSSR count). The minimum atomic E-state index is -0.864. The molecule has 5 nitrogen and oxygen atoms in total. The smallest absolute Gasteiger partial charge is 0.313 e. The van der Waals surface area contributed by atoms with Gasteiger partial charge in [-0.25, -0.2) is 4.98 Å². The highest BCUT2D eigenvalue weighted by Gasteiger charge is 2.14. The van der Waals surface area contributed by atoms with Crippen molar-refractivity contribution in [2.24, 2.45) is 0 Å². The predicted molar refractivity (Wildman–Crippen MR) is 79.5 cm³/mol. The van der Waals surface area contributed by atoms with E-state index in [0.717, 1.165) is 11.0 Å². The SMILES string of the molecule is C=CCn1c(SCC(=O)O)nc2c(OCC)cccc21. The molecule has 0 bridgehead atoms. The zero-order valence-electron chi connectivity index (χ0n) is 11.2. The van der Waals surface area contributed by atoms with Gasteiger partial charge in [0.15, 0.2) is 5.16 Å². The van der Waals surface area contributed by atoms with Crippen LogP contribution in [0.4, 0.5) is 0 Å². The van der Waals surface area contributed by atoms with Gasteiger partial charge >= 0.3 is 5.97 Å². The van der Waals surface area contributed by atoms with E-state index in [4.69, 9.17) is 9.84 Å². The van der Waals surface area contributed by atoms with Crippen molar-refractivity contribution >= 4 is 28.8 Å². The molecule has 0 amide bonds. The molecule has 6 heteroatoms. The van der Waals surface area contributed by atoms with Gasteiger partial charge in [-0.2, -0.15) is 0 Å². The number of aromatic nitrogens is 2. The van der Waals surface area contributed by atoms with Crippen molar-refractivity contribution in [1.29, 1.82) is 0 Å². The van der Waals surface area contributed by atoms with Crippen LogP contribution in [0.2, 0.25) is 0 Å². The van der Waals surface area contributed by atoms with Gasteiger partial charge in [0, 0.05) is 6.54 Å². The van der Waals surface area contributed by atoms with E-state index >= 15 is 0 Å². The number of carbonyl (C=O) groups is 1. The van der Waals surface area contributed by atoms with Crippen LogP contribution in [-0.4, -0.2) is 33.0 Å². The summed E-state index contributed by atoms with van der Waals surface area (Å²) in [5.74, 6) is -0.174. The van der Waals surface area contributed by atoms with E-state index in [1.807, 2.05) is 29.7 Å². The molecule has 0 saturated heterocycles. The van der Waals surface area contributed by atoms with Gasteiger partial charge in [0.1, 0.15) is 11.3 Å². The van der Waals surface area contributed by atoms with E-state index in [1.54, 1.807) is 6.08 Å². The van der Waals surface area contributed by atoms with Crippen LogP contribution in [0.15, 0.2) is 36.0 Å². The highest BCUT2D eigenvalue weighted by molar-refractivity contribution is 7.99. The summed E-state index contributed by atoms with van der Waals surface area (Å²) in [6, 6.07) is 5.71. The van der Waals surface area contributed by atoms with Crippen LogP contribution in [0.25, 0.3) is 11.0 Å². The van der Waals surface area contributed by atoms with Crippen LogP contribution in [0.3, 0.4) is 0 Å². The average Bonchev–Trinajstić information content (AvgIpc) is 2.77. The first-order valence-electron chi connectivity index (χ1n) is 6.25. The summed E-state index contributed by atoms with van der Waals surface area (Å²) in [6.45, 7) is 6.79. The van der Waals surface area contributed by atoms with Crippen LogP contribution in [-0.2, 0) is 11.3 Å². The topological polar surface area (TPSA) is 64.4 Å². The molecule has 1 aromatic carbocycles. The predicted octanol–water partition coefficient (Wildman–Crippen LogP) is 2.80. The Balaban J connectivity index is 2.49. The molecule has 106 valence electrons. The molecule has 0 aliphatic heterocycles. The quantitative estimate of drug-likeness (QED) is 0.628. The van der Waals surface area contributed by atoms with Crippen molar-refractivity contribution in [2.45, 2.75) is 18.6 Å². The second kappa shape index (κ2) is 6.47. The third-order valence-electron chi connectivity index (χ3n) is 2.64. The summed E-state index contributed by atoms with van der Waals surface area (Å²) < 4.78 is 7.51. The molecule has 0 fully saturated rings. The number of imidazole rings is 1. The molecular formula is C14H16N2O3S. The molecular weight excluding hydrogens is 276 g/mol. The van der Waals surface area contributed by atoms with E-state index < -0.39 is 5.97 Å². The molecule has 0 saturated carbocycles. The van der Waals surface area contributed by atoms with E-state index in [2.05, 4.69) is 11.6 Å². The molecule has 0 radical (unpaired) electrons. The minimum Gasteiger partial charge on any atom is -0.492 e. The zero-order chi connectivity index (χ0) is 14.5. The Morgan fingerprint density at radius 2 is 2.40 bits per heavy atom. The number of ether oxygens (including phenoxy) is 1. The summed E-state index contributed by atoms with van der Waals surface area (Å²) in [4.78, 5) is 15.2. The number of hydrogen-bond acceptors (Lipinski definition) is 4. The minimum absolute atomic E-state index is 0.0234. The van der Waals surface area contributed by atoms with Crippen molar-refractivity contribution in [2.75, 3.05) is 12.4 Å². The summed E-state index contributed by atoms with van der Waals surface area (Å²) in [5, 5.41) is 9.47. The maximum atomic E-state index is 10.7. The van der Waals surface area contributed by atoms with Crippen molar-refractivity contribution in [3.63, 3.8) is 0 Å². The number of nitrogens with zero attached hydrogens (tertiary/aromatic N) is 2. The lowest BCUT2D eigenvalue weighted by Gasteiger charge is -2.05. The molecule has 20 heavy (non-hydrogen) atoms. The lowest BCUT2D eigenvalue weighted by atomic mass is 10.3. The number of thioether (sulfide) groups is 1. The first-order chi connectivity index (χ1) is 9.67. The number of benzene rings is 1. The second-order valence-corrected chi connectivity index (χ2v) is 4.98. The molecule has 2 aromatic rings. The third kappa shape index (κ3) is 2.96. The maximum absolute atomic E-state index is 10.7. The van der Waals surface area contributed by atoms with Crippen LogP contribution in [0.5, 0.6) is 5.75 Å². The maximum Gasteiger partial charge on any atom is 0.313 e. The summed E-state index contributed by atoms with van der Waals surface area (Å²) in [5.41, 5.74) is 1.67. The molecule has 0 aliphatic carbocycles. The van der Waals surface area contributed by atoms with Gasteiger partial charge < -0.3 is 14.4 Å². The Morgan fingerprint density at radius 1 is 1.60 bits per heavy atom. The van der Waals surface area contributed by atoms with Crippen molar-refractivity contribution in [1.82, 2.24) is 9.55 Å². The normalized spacial score (nSPS) is 10.7. The Kier molecular flexibility index (Phi) is 4.68. The second-order valence-electron chi connectivity index (χ2n) is 4.03. The first-order valence-corrected chi connectivity index (χ1v) is 7.23. The van der Waals surface area contributed by atoms with Gasteiger partial charge in [-0.1, -0.05) is 23.9 Å². The number of carboxylic acids is 1. The number of aliphatic carboxylic acids is 1.